The molecule has 1 unspecified atom stereocenters. The molecule has 0 aliphatic heterocycles. The molecule has 0 spiro atoms. The van der Waals surface area contributed by atoms with Crippen molar-refractivity contribution in [2.45, 2.75) is 13.1 Å². The fourth-order valence-electron chi connectivity index (χ4n) is 1.61. The lowest BCUT2D eigenvalue weighted by Gasteiger charge is -2.15. The van der Waals surface area contributed by atoms with Gasteiger partial charge in [-0.25, -0.2) is 0 Å². The molecular formula is C12H14F3NO. The zero-order chi connectivity index (χ0) is 13.1. The molecule has 5 heteroatoms. The molecule has 94 valence electrons. The number of carbonyl (C=O) groups excluding carboxylic acids is 1. The van der Waals surface area contributed by atoms with E-state index in [4.69, 9.17) is 0 Å². The van der Waals surface area contributed by atoms with E-state index in [2.05, 4.69) is 5.32 Å². The Balaban J connectivity index is 3.10. The summed E-state index contributed by atoms with van der Waals surface area (Å²) in [6.07, 6.45) is -4.49. The maximum atomic E-state index is 12.7. The van der Waals surface area contributed by atoms with Gasteiger partial charge in [0.1, 0.15) is 0 Å². The van der Waals surface area contributed by atoms with Crippen LogP contribution in [0.5, 0.6) is 0 Å². The van der Waals surface area contributed by atoms with Crippen LogP contribution < -0.4 is 5.32 Å². The Kier molecular flexibility index (Phi) is 4.28. The van der Waals surface area contributed by atoms with E-state index in [0.717, 1.165) is 6.07 Å². The topological polar surface area (TPSA) is 29.1 Å². The van der Waals surface area contributed by atoms with Gasteiger partial charge >= 0.3 is 6.18 Å². The molecule has 0 aliphatic rings. The summed E-state index contributed by atoms with van der Waals surface area (Å²) in [4.78, 5) is 11.9. The third-order valence-electron chi connectivity index (χ3n) is 2.46. The lowest BCUT2D eigenvalue weighted by molar-refractivity contribution is -0.137. The average molecular weight is 245 g/mol. The molecule has 0 amide bonds. The summed E-state index contributed by atoms with van der Waals surface area (Å²) in [6, 6.07) is 4.87. The van der Waals surface area contributed by atoms with E-state index in [1.165, 1.54) is 18.2 Å². The minimum atomic E-state index is -4.49. The second-order valence-electron chi connectivity index (χ2n) is 3.87. The standard InChI is InChI=1S/C12H14F3NO/c1-8(7-16-2)11(17)9-5-3-4-6-10(9)12(13,14)15/h3-6,8,16H,7H2,1-2H3. The van der Waals surface area contributed by atoms with Crippen molar-refractivity contribution in [3.05, 3.63) is 35.4 Å². The number of nitrogens with one attached hydrogen (secondary N) is 1. The van der Waals surface area contributed by atoms with Crippen LogP contribution in [-0.4, -0.2) is 19.4 Å². The molecule has 0 radical (unpaired) electrons. The molecule has 0 fully saturated rings. The highest BCUT2D eigenvalue weighted by molar-refractivity contribution is 5.99. The van der Waals surface area contributed by atoms with Crippen LogP contribution in [0, 0.1) is 5.92 Å². The first-order chi connectivity index (χ1) is 7.88. The first-order valence-corrected chi connectivity index (χ1v) is 5.23. The van der Waals surface area contributed by atoms with Crippen molar-refractivity contribution in [2.75, 3.05) is 13.6 Å². The van der Waals surface area contributed by atoms with Crippen molar-refractivity contribution in [1.29, 1.82) is 0 Å². The molecule has 1 atom stereocenters. The lowest BCUT2D eigenvalue weighted by Crippen LogP contribution is -2.25. The molecule has 0 saturated carbocycles. The minimum absolute atomic E-state index is 0.261. The second kappa shape index (κ2) is 5.31. The van der Waals surface area contributed by atoms with Gasteiger partial charge in [-0.05, 0) is 13.1 Å². The Morgan fingerprint density at radius 1 is 1.35 bits per heavy atom. The summed E-state index contributed by atoms with van der Waals surface area (Å²) in [5.41, 5.74) is -1.13. The monoisotopic (exact) mass is 245 g/mol. The number of hydrogen-bond acceptors (Lipinski definition) is 2. The Hall–Kier alpha value is -1.36. The fourth-order valence-corrected chi connectivity index (χ4v) is 1.61. The van der Waals surface area contributed by atoms with Gasteiger partial charge in [0.15, 0.2) is 5.78 Å². The SMILES string of the molecule is CNCC(C)C(=O)c1ccccc1C(F)(F)F. The maximum absolute atomic E-state index is 12.7. The molecular weight excluding hydrogens is 231 g/mol. The molecule has 1 aromatic rings. The summed E-state index contributed by atoms with van der Waals surface area (Å²) in [7, 11) is 1.65. The van der Waals surface area contributed by atoms with Gasteiger partial charge in [-0.15, -0.1) is 0 Å². The molecule has 1 aromatic carbocycles. The molecule has 0 saturated heterocycles. The molecule has 2 nitrogen and oxygen atoms in total. The van der Waals surface area contributed by atoms with Gasteiger partial charge < -0.3 is 5.32 Å². The normalized spacial score (nSPS) is 13.5. The first-order valence-electron chi connectivity index (χ1n) is 5.23. The first kappa shape index (κ1) is 13.7. The van der Waals surface area contributed by atoms with E-state index in [0.29, 0.717) is 6.54 Å². The van der Waals surface area contributed by atoms with E-state index in [1.54, 1.807) is 14.0 Å². The van der Waals surface area contributed by atoms with E-state index >= 15 is 0 Å². The average Bonchev–Trinajstić information content (AvgIpc) is 2.27. The van der Waals surface area contributed by atoms with E-state index in [1.807, 2.05) is 0 Å². The number of alkyl halides is 3. The number of carbonyl (C=O) groups is 1. The summed E-state index contributed by atoms with van der Waals surface area (Å²) in [5.74, 6) is -0.976. The number of rotatable bonds is 4. The van der Waals surface area contributed by atoms with E-state index < -0.39 is 23.4 Å². The molecule has 1 rings (SSSR count). The van der Waals surface area contributed by atoms with Crippen molar-refractivity contribution in [3.8, 4) is 0 Å². The largest absolute Gasteiger partial charge is 0.417 e. The van der Waals surface area contributed by atoms with Crippen LogP contribution in [0.25, 0.3) is 0 Å². The number of ketones is 1. The number of Topliss-reactive ketones (excluding diaryl/α,β-unsaturated/α-hetero) is 1. The highest BCUT2D eigenvalue weighted by Gasteiger charge is 2.35. The van der Waals surface area contributed by atoms with Crippen LogP contribution in [0.1, 0.15) is 22.8 Å². The zero-order valence-electron chi connectivity index (χ0n) is 9.64. The predicted octanol–water partition coefficient (Wildman–Crippen LogP) is 2.74. The molecule has 0 aromatic heterocycles. The highest BCUT2D eigenvalue weighted by atomic mass is 19.4. The Bertz CT molecular complexity index is 401. The predicted molar refractivity (Wildman–Crippen MR) is 58.9 cm³/mol. The van der Waals surface area contributed by atoms with Crippen molar-refractivity contribution < 1.29 is 18.0 Å². The van der Waals surface area contributed by atoms with Crippen LogP contribution >= 0.6 is 0 Å². The molecule has 0 bridgehead atoms. The van der Waals surface area contributed by atoms with Crippen LogP contribution in [0.2, 0.25) is 0 Å². The van der Waals surface area contributed by atoms with Crippen molar-refractivity contribution in [3.63, 3.8) is 0 Å². The van der Waals surface area contributed by atoms with Crippen molar-refractivity contribution in [1.82, 2.24) is 5.32 Å². The summed E-state index contributed by atoms with van der Waals surface area (Å²) >= 11 is 0. The summed E-state index contributed by atoms with van der Waals surface area (Å²) < 4.78 is 38.1. The molecule has 1 N–H and O–H groups in total. The number of hydrogen-bond donors (Lipinski definition) is 1. The number of halogens is 3. The smallest absolute Gasteiger partial charge is 0.319 e. The Morgan fingerprint density at radius 2 is 1.94 bits per heavy atom. The second-order valence-corrected chi connectivity index (χ2v) is 3.87. The molecule has 0 aliphatic carbocycles. The minimum Gasteiger partial charge on any atom is -0.319 e. The van der Waals surface area contributed by atoms with E-state index in [9.17, 15) is 18.0 Å². The van der Waals surface area contributed by atoms with Gasteiger partial charge in [-0.2, -0.15) is 13.2 Å². The van der Waals surface area contributed by atoms with E-state index in [-0.39, 0.29) is 5.56 Å². The lowest BCUT2D eigenvalue weighted by atomic mass is 9.95. The van der Waals surface area contributed by atoms with Gasteiger partial charge in [-0.3, -0.25) is 4.79 Å². The fraction of sp³-hybridized carbons (Fsp3) is 0.417. The molecule has 0 heterocycles. The van der Waals surface area contributed by atoms with Crippen molar-refractivity contribution >= 4 is 5.78 Å². The van der Waals surface area contributed by atoms with Gasteiger partial charge in [-0.1, -0.05) is 25.1 Å². The molecule has 17 heavy (non-hydrogen) atoms. The van der Waals surface area contributed by atoms with Crippen LogP contribution in [-0.2, 0) is 6.18 Å². The van der Waals surface area contributed by atoms with Crippen molar-refractivity contribution in [2.24, 2.45) is 5.92 Å². The third-order valence-corrected chi connectivity index (χ3v) is 2.46. The quantitative estimate of drug-likeness (QED) is 0.826. The highest BCUT2D eigenvalue weighted by Crippen LogP contribution is 2.32. The summed E-state index contributed by atoms with van der Waals surface area (Å²) in [5, 5.41) is 2.77. The maximum Gasteiger partial charge on any atom is 0.417 e. The van der Waals surface area contributed by atoms with Crippen LogP contribution in [0.15, 0.2) is 24.3 Å². The van der Waals surface area contributed by atoms with Crippen LogP contribution in [0.4, 0.5) is 13.2 Å². The van der Waals surface area contributed by atoms with Gasteiger partial charge in [0, 0.05) is 18.0 Å². The Morgan fingerprint density at radius 3 is 2.47 bits per heavy atom. The van der Waals surface area contributed by atoms with Gasteiger partial charge in [0.05, 0.1) is 5.56 Å². The van der Waals surface area contributed by atoms with Crippen LogP contribution in [0.3, 0.4) is 0 Å². The summed E-state index contributed by atoms with van der Waals surface area (Å²) in [6.45, 7) is 1.96. The Labute approximate surface area is 97.8 Å². The van der Waals surface area contributed by atoms with Gasteiger partial charge in [0.25, 0.3) is 0 Å². The third kappa shape index (κ3) is 3.30. The zero-order valence-corrected chi connectivity index (χ0v) is 9.64. The van der Waals surface area contributed by atoms with Gasteiger partial charge in [0.2, 0.25) is 0 Å². The number of benzene rings is 1.